The average Bonchev–Trinajstić information content (AvgIpc) is 2.63. The van der Waals surface area contributed by atoms with Gasteiger partial charge >= 0.3 is 0 Å². The minimum absolute atomic E-state index is 0.0508. The van der Waals surface area contributed by atoms with Gasteiger partial charge in [-0.25, -0.2) is 5.01 Å². The van der Waals surface area contributed by atoms with Gasteiger partial charge in [-0.05, 0) is 12.1 Å². The third kappa shape index (κ3) is 1.87. The number of amides is 1. The van der Waals surface area contributed by atoms with Crippen LogP contribution in [0.3, 0.4) is 0 Å². The van der Waals surface area contributed by atoms with Gasteiger partial charge in [0.05, 0.1) is 5.69 Å². The number of nitrogens with zero attached hydrogens (tertiary/aromatic N) is 3. The Morgan fingerprint density at radius 2 is 2.07 bits per heavy atom. The number of rotatable bonds is 3. The first-order chi connectivity index (χ1) is 7.33. The molecule has 1 unspecified atom stereocenters. The van der Waals surface area contributed by atoms with Crippen LogP contribution in [0.2, 0.25) is 0 Å². The topological polar surface area (TPSA) is 65.3 Å². The fraction of sp³-hybridized carbons (Fsp3) is 0.300. The molecule has 0 radical (unpaired) electrons. The van der Waals surface area contributed by atoms with E-state index in [0.29, 0.717) is 6.42 Å². The largest absolute Gasteiger partial charge is 0.396 e. The fourth-order valence-electron chi connectivity index (χ4n) is 1.51. The number of anilines is 1. The summed E-state index contributed by atoms with van der Waals surface area (Å²) in [6.45, 7) is -0.0508. The zero-order chi connectivity index (χ0) is 10.7. The van der Waals surface area contributed by atoms with E-state index in [0.717, 1.165) is 5.69 Å². The van der Waals surface area contributed by atoms with Crippen LogP contribution in [0.25, 0.3) is 0 Å². The Labute approximate surface area is 87.0 Å². The molecule has 1 aliphatic heterocycles. The molecule has 0 aliphatic carbocycles. The van der Waals surface area contributed by atoms with Crippen molar-refractivity contribution in [1.29, 1.82) is 0 Å². The van der Waals surface area contributed by atoms with Crippen molar-refractivity contribution < 1.29 is 9.90 Å². The van der Waals surface area contributed by atoms with Gasteiger partial charge < -0.3 is 5.11 Å². The maximum Gasteiger partial charge on any atom is 0.291 e. The first-order valence-electron chi connectivity index (χ1n) is 4.73. The van der Waals surface area contributed by atoms with E-state index in [1.54, 1.807) is 5.01 Å². The van der Waals surface area contributed by atoms with E-state index in [-0.39, 0.29) is 12.5 Å². The molecular weight excluding hydrogens is 194 g/mol. The molecule has 1 aromatic rings. The van der Waals surface area contributed by atoms with Crippen LogP contribution in [-0.2, 0) is 4.79 Å². The van der Waals surface area contributed by atoms with E-state index < -0.39 is 6.04 Å². The molecule has 2 rings (SSSR count). The molecule has 0 fully saturated rings. The highest BCUT2D eigenvalue weighted by Gasteiger charge is 2.31. The summed E-state index contributed by atoms with van der Waals surface area (Å²) in [5.74, 6) is -0.298. The zero-order valence-electron chi connectivity index (χ0n) is 8.08. The third-order valence-corrected chi connectivity index (χ3v) is 2.24. The molecule has 1 amide bonds. The lowest BCUT2D eigenvalue weighted by molar-refractivity contribution is -0.118. The molecule has 0 spiro atoms. The van der Waals surface area contributed by atoms with Crippen LogP contribution in [0.5, 0.6) is 0 Å². The first kappa shape index (κ1) is 9.79. The van der Waals surface area contributed by atoms with Crippen molar-refractivity contribution in [3.05, 3.63) is 30.3 Å². The molecule has 0 aromatic heterocycles. The van der Waals surface area contributed by atoms with Crippen molar-refractivity contribution in [3.63, 3.8) is 0 Å². The highest BCUT2D eigenvalue weighted by atomic mass is 16.3. The predicted molar refractivity (Wildman–Crippen MR) is 54.3 cm³/mol. The molecule has 15 heavy (non-hydrogen) atoms. The molecule has 1 heterocycles. The minimum Gasteiger partial charge on any atom is -0.396 e. The molecule has 1 aromatic carbocycles. The van der Waals surface area contributed by atoms with Crippen molar-refractivity contribution in [2.75, 3.05) is 11.6 Å². The summed E-state index contributed by atoms with van der Waals surface area (Å²) in [5, 5.41) is 17.7. The van der Waals surface area contributed by atoms with Gasteiger partial charge in [0.2, 0.25) is 0 Å². The SMILES string of the molecule is O=C1N=NN(c2ccccc2)C1CCO. The Hall–Kier alpha value is -1.75. The quantitative estimate of drug-likeness (QED) is 0.805. The maximum absolute atomic E-state index is 11.3. The predicted octanol–water partition coefficient (Wildman–Crippen LogP) is 1.15. The molecule has 78 valence electrons. The number of hydrogen-bond donors (Lipinski definition) is 1. The lowest BCUT2D eigenvalue weighted by atomic mass is 10.2. The van der Waals surface area contributed by atoms with Gasteiger partial charge in [-0.3, -0.25) is 4.79 Å². The number of hydrogen-bond acceptors (Lipinski definition) is 4. The van der Waals surface area contributed by atoms with E-state index in [1.807, 2.05) is 30.3 Å². The van der Waals surface area contributed by atoms with Gasteiger partial charge in [-0.15, -0.1) is 0 Å². The van der Waals surface area contributed by atoms with Crippen LogP contribution in [0.4, 0.5) is 5.69 Å². The fourth-order valence-corrected chi connectivity index (χ4v) is 1.51. The summed E-state index contributed by atoms with van der Waals surface area (Å²) in [6, 6.07) is 8.86. The Bertz CT molecular complexity index is 378. The molecule has 1 atom stereocenters. The van der Waals surface area contributed by atoms with Crippen LogP contribution in [-0.4, -0.2) is 23.7 Å². The van der Waals surface area contributed by atoms with Crippen molar-refractivity contribution in [3.8, 4) is 0 Å². The first-order valence-corrected chi connectivity index (χ1v) is 4.73. The molecule has 1 N–H and O–H groups in total. The Morgan fingerprint density at radius 1 is 1.33 bits per heavy atom. The van der Waals surface area contributed by atoms with Crippen molar-refractivity contribution in [2.24, 2.45) is 10.3 Å². The summed E-state index contributed by atoms with van der Waals surface area (Å²) in [5.41, 5.74) is 0.811. The van der Waals surface area contributed by atoms with E-state index in [1.165, 1.54) is 0 Å². The normalized spacial score (nSPS) is 19.9. The zero-order valence-corrected chi connectivity index (χ0v) is 8.08. The highest BCUT2D eigenvalue weighted by molar-refractivity contribution is 5.87. The lowest BCUT2D eigenvalue weighted by Gasteiger charge is -2.19. The Balaban J connectivity index is 2.22. The van der Waals surface area contributed by atoms with Crippen molar-refractivity contribution >= 4 is 11.6 Å². The van der Waals surface area contributed by atoms with Crippen LogP contribution in [0, 0.1) is 0 Å². The Morgan fingerprint density at radius 3 is 2.73 bits per heavy atom. The molecule has 0 saturated carbocycles. The second kappa shape index (κ2) is 4.18. The smallest absolute Gasteiger partial charge is 0.291 e. The van der Waals surface area contributed by atoms with Gasteiger partial charge in [0.15, 0.2) is 0 Å². The summed E-state index contributed by atoms with van der Waals surface area (Å²) >= 11 is 0. The van der Waals surface area contributed by atoms with Crippen LogP contribution in [0.15, 0.2) is 40.7 Å². The summed E-state index contributed by atoms with van der Waals surface area (Å²) < 4.78 is 0. The maximum atomic E-state index is 11.3. The highest BCUT2D eigenvalue weighted by Crippen LogP contribution is 2.23. The van der Waals surface area contributed by atoms with Crippen LogP contribution < -0.4 is 5.01 Å². The molecular formula is C10H11N3O2. The molecule has 5 nitrogen and oxygen atoms in total. The second-order valence-electron chi connectivity index (χ2n) is 3.24. The molecule has 5 heteroatoms. The summed E-state index contributed by atoms with van der Waals surface area (Å²) in [4.78, 5) is 11.3. The summed E-state index contributed by atoms with van der Waals surface area (Å²) in [7, 11) is 0. The molecule has 0 bridgehead atoms. The third-order valence-electron chi connectivity index (χ3n) is 2.24. The van der Waals surface area contributed by atoms with E-state index in [2.05, 4.69) is 10.3 Å². The molecule has 1 aliphatic rings. The van der Waals surface area contributed by atoms with Crippen molar-refractivity contribution in [2.45, 2.75) is 12.5 Å². The van der Waals surface area contributed by atoms with Gasteiger partial charge in [0.25, 0.3) is 5.91 Å². The monoisotopic (exact) mass is 205 g/mol. The Kier molecular flexibility index (Phi) is 2.73. The van der Waals surface area contributed by atoms with E-state index in [9.17, 15) is 4.79 Å². The van der Waals surface area contributed by atoms with Gasteiger partial charge in [0.1, 0.15) is 6.04 Å². The van der Waals surface area contributed by atoms with Gasteiger partial charge in [0, 0.05) is 13.0 Å². The van der Waals surface area contributed by atoms with Gasteiger partial charge in [-0.2, -0.15) is 0 Å². The van der Waals surface area contributed by atoms with E-state index >= 15 is 0 Å². The van der Waals surface area contributed by atoms with Crippen molar-refractivity contribution in [1.82, 2.24) is 0 Å². The number of aliphatic hydroxyl groups is 1. The van der Waals surface area contributed by atoms with E-state index in [4.69, 9.17) is 5.11 Å². The van der Waals surface area contributed by atoms with Crippen LogP contribution in [0.1, 0.15) is 6.42 Å². The molecule has 0 saturated heterocycles. The second-order valence-corrected chi connectivity index (χ2v) is 3.24. The number of carbonyl (C=O) groups is 1. The standard InChI is InChI=1S/C10H11N3O2/c14-7-6-9-10(15)11-12-13(9)8-4-2-1-3-5-8/h1-5,9,14H,6-7H2. The number of carbonyl (C=O) groups excluding carboxylic acids is 1. The lowest BCUT2D eigenvalue weighted by Crippen LogP contribution is -2.32. The minimum atomic E-state index is -0.461. The van der Waals surface area contributed by atoms with Gasteiger partial charge in [-0.1, -0.05) is 28.5 Å². The number of benzene rings is 1. The number of para-hydroxylation sites is 1. The average molecular weight is 205 g/mol. The summed E-state index contributed by atoms with van der Waals surface area (Å²) in [6.07, 6.45) is 0.348. The number of aliphatic hydroxyl groups excluding tert-OH is 1. The van der Waals surface area contributed by atoms with Crippen LogP contribution >= 0.6 is 0 Å².